The van der Waals surface area contributed by atoms with Crippen LogP contribution in [0.5, 0.6) is 0 Å². The first-order valence-corrected chi connectivity index (χ1v) is 7.44. The zero-order valence-corrected chi connectivity index (χ0v) is 11.9. The molecule has 1 aliphatic carbocycles. The van der Waals surface area contributed by atoms with Crippen molar-refractivity contribution >= 4 is 17.2 Å². The van der Waals surface area contributed by atoms with E-state index in [1.165, 1.54) is 16.9 Å². The third-order valence-corrected chi connectivity index (χ3v) is 5.07. The number of aliphatic hydroxyl groups is 1. The molecular weight excluding hydrogens is 246 g/mol. The van der Waals surface area contributed by atoms with Crippen LogP contribution in [0.4, 0.5) is 0 Å². The van der Waals surface area contributed by atoms with Gasteiger partial charge in [0, 0.05) is 17.0 Å². The van der Waals surface area contributed by atoms with Crippen LogP contribution in [0.1, 0.15) is 53.2 Å². The summed E-state index contributed by atoms with van der Waals surface area (Å²) in [7, 11) is 0. The highest BCUT2D eigenvalue weighted by Gasteiger charge is 2.26. The van der Waals surface area contributed by atoms with Gasteiger partial charge in [0.1, 0.15) is 0 Å². The lowest BCUT2D eigenvalue weighted by Gasteiger charge is -2.28. The molecule has 0 saturated carbocycles. The van der Waals surface area contributed by atoms with Crippen LogP contribution in [0.3, 0.4) is 0 Å². The summed E-state index contributed by atoms with van der Waals surface area (Å²) in [6.45, 7) is 4.12. The van der Waals surface area contributed by atoms with Gasteiger partial charge in [-0.15, -0.1) is 11.3 Å². The van der Waals surface area contributed by atoms with Gasteiger partial charge < -0.3 is 10.4 Å². The van der Waals surface area contributed by atoms with Gasteiger partial charge in [-0.05, 0) is 50.7 Å². The summed E-state index contributed by atoms with van der Waals surface area (Å²) in [5.41, 5.74) is 1.05. The fourth-order valence-corrected chi connectivity index (χ4v) is 3.50. The van der Waals surface area contributed by atoms with Gasteiger partial charge in [-0.25, -0.2) is 0 Å². The molecule has 1 atom stereocenters. The second kappa shape index (κ2) is 5.41. The summed E-state index contributed by atoms with van der Waals surface area (Å²) in [6, 6.07) is 2.04. The van der Waals surface area contributed by atoms with E-state index in [1.54, 1.807) is 11.3 Å². The molecular formula is C14H21NO2S. The summed E-state index contributed by atoms with van der Waals surface area (Å²) < 4.78 is 0. The number of aliphatic hydroxyl groups excluding tert-OH is 1. The standard InChI is InChI=1S/C14H21NO2S/c1-3-14(2,7-8-16)15-13(17)12-9-10-5-4-6-11(10)18-12/h9,16H,3-8H2,1-2H3,(H,15,17). The highest BCUT2D eigenvalue weighted by Crippen LogP contribution is 2.31. The maximum Gasteiger partial charge on any atom is 0.261 e. The third kappa shape index (κ3) is 2.75. The van der Waals surface area contributed by atoms with Crippen molar-refractivity contribution < 1.29 is 9.90 Å². The normalized spacial score (nSPS) is 17.3. The van der Waals surface area contributed by atoms with Gasteiger partial charge in [0.05, 0.1) is 4.88 Å². The predicted molar refractivity (Wildman–Crippen MR) is 74.2 cm³/mol. The number of rotatable bonds is 5. The molecule has 0 fully saturated rings. The first-order chi connectivity index (χ1) is 8.58. The van der Waals surface area contributed by atoms with Crippen molar-refractivity contribution in [3.8, 4) is 0 Å². The van der Waals surface area contributed by atoms with Crippen molar-refractivity contribution in [2.75, 3.05) is 6.61 Å². The van der Waals surface area contributed by atoms with Crippen LogP contribution in [0, 0.1) is 0 Å². The van der Waals surface area contributed by atoms with Gasteiger partial charge >= 0.3 is 0 Å². The number of hydrogen-bond donors (Lipinski definition) is 2. The van der Waals surface area contributed by atoms with Crippen LogP contribution < -0.4 is 5.32 Å². The Labute approximate surface area is 112 Å². The SMILES string of the molecule is CCC(C)(CCO)NC(=O)c1cc2c(s1)CCC2. The van der Waals surface area contributed by atoms with Crippen LogP contribution in [0.25, 0.3) is 0 Å². The smallest absolute Gasteiger partial charge is 0.261 e. The molecule has 4 heteroatoms. The molecule has 2 N–H and O–H groups in total. The van der Waals surface area contributed by atoms with Crippen LogP contribution in [0.15, 0.2) is 6.07 Å². The zero-order valence-electron chi connectivity index (χ0n) is 11.1. The third-order valence-electron chi connectivity index (χ3n) is 3.83. The van der Waals surface area contributed by atoms with E-state index in [0.717, 1.165) is 24.1 Å². The van der Waals surface area contributed by atoms with Crippen molar-refractivity contribution in [2.45, 2.75) is 51.5 Å². The number of amides is 1. The molecule has 1 aromatic rings. The molecule has 0 spiro atoms. The number of carbonyl (C=O) groups excluding carboxylic acids is 1. The molecule has 0 radical (unpaired) electrons. The number of thiophene rings is 1. The Morgan fingerprint density at radius 3 is 2.94 bits per heavy atom. The molecule has 1 amide bonds. The second-order valence-corrected chi connectivity index (χ2v) is 6.39. The quantitative estimate of drug-likeness (QED) is 0.861. The molecule has 0 bridgehead atoms. The largest absolute Gasteiger partial charge is 0.396 e. The summed E-state index contributed by atoms with van der Waals surface area (Å²) >= 11 is 1.62. The van der Waals surface area contributed by atoms with Crippen molar-refractivity contribution in [1.29, 1.82) is 0 Å². The van der Waals surface area contributed by atoms with E-state index in [4.69, 9.17) is 5.11 Å². The summed E-state index contributed by atoms with van der Waals surface area (Å²) in [5.74, 6) is 0.00667. The Hall–Kier alpha value is -0.870. The maximum atomic E-state index is 12.2. The molecule has 2 rings (SSSR count). The van der Waals surface area contributed by atoms with Gasteiger partial charge in [-0.1, -0.05) is 6.92 Å². The van der Waals surface area contributed by atoms with Gasteiger partial charge in [-0.3, -0.25) is 4.79 Å². The Morgan fingerprint density at radius 1 is 1.56 bits per heavy atom. The van der Waals surface area contributed by atoms with Crippen LogP contribution in [0.2, 0.25) is 0 Å². The van der Waals surface area contributed by atoms with E-state index in [2.05, 4.69) is 5.32 Å². The lowest BCUT2D eigenvalue weighted by Crippen LogP contribution is -2.45. The van der Waals surface area contributed by atoms with Crippen LogP contribution in [-0.4, -0.2) is 23.2 Å². The van der Waals surface area contributed by atoms with Gasteiger partial charge in [0.25, 0.3) is 5.91 Å². The minimum absolute atomic E-state index is 0.00667. The van der Waals surface area contributed by atoms with Gasteiger partial charge in [0.15, 0.2) is 0 Å². The van der Waals surface area contributed by atoms with Gasteiger partial charge in [-0.2, -0.15) is 0 Å². The predicted octanol–water partition coefficient (Wildman–Crippen LogP) is 2.52. The molecule has 100 valence electrons. The first-order valence-electron chi connectivity index (χ1n) is 6.63. The molecule has 1 unspecified atom stereocenters. The molecule has 1 heterocycles. The van der Waals surface area contributed by atoms with Crippen molar-refractivity contribution in [3.63, 3.8) is 0 Å². The summed E-state index contributed by atoms with van der Waals surface area (Å²) in [6.07, 6.45) is 4.88. The highest BCUT2D eigenvalue weighted by molar-refractivity contribution is 7.14. The number of fused-ring (bicyclic) bond motifs is 1. The Balaban J connectivity index is 2.06. The average Bonchev–Trinajstić information content (AvgIpc) is 2.89. The van der Waals surface area contributed by atoms with E-state index in [0.29, 0.717) is 6.42 Å². The molecule has 18 heavy (non-hydrogen) atoms. The first kappa shape index (κ1) is 13.6. The zero-order chi connectivity index (χ0) is 13.2. The Bertz CT molecular complexity index is 420. The number of carbonyl (C=O) groups is 1. The number of nitrogens with one attached hydrogen (secondary N) is 1. The lowest BCUT2D eigenvalue weighted by molar-refractivity contribution is 0.0890. The minimum atomic E-state index is -0.305. The molecule has 3 nitrogen and oxygen atoms in total. The van der Waals surface area contributed by atoms with Crippen LogP contribution in [-0.2, 0) is 12.8 Å². The van der Waals surface area contributed by atoms with E-state index >= 15 is 0 Å². The fraction of sp³-hybridized carbons (Fsp3) is 0.643. The number of aryl methyl sites for hydroxylation is 2. The van der Waals surface area contributed by atoms with E-state index in [9.17, 15) is 4.79 Å². The average molecular weight is 267 g/mol. The molecule has 0 saturated heterocycles. The van der Waals surface area contributed by atoms with Crippen molar-refractivity contribution in [2.24, 2.45) is 0 Å². The Morgan fingerprint density at radius 2 is 2.33 bits per heavy atom. The monoisotopic (exact) mass is 267 g/mol. The maximum absolute atomic E-state index is 12.2. The lowest BCUT2D eigenvalue weighted by atomic mass is 9.95. The fourth-order valence-electron chi connectivity index (χ4n) is 2.35. The minimum Gasteiger partial charge on any atom is -0.396 e. The second-order valence-electron chi connectivity index (χ2n) is 5.25. The summed E-state index contributed by atoms with van der Waals surface area (Å²) in [5, 5.41) is 12.1. The topological polar surface area (TPSA) is 49.3 Å². The molecule has 0 aliphatic heterocycles. The van der Waals surface area contributed by atoms with Gasteiger partial charge in [0.2, 0.25) is 0 Å². The van der Waals surface area contributed by atoms with Crippen molar-refractivity contribution in [3.05, 3.63) is 21.4 Å². The van der Waals surface area contributed by atoms with Crippen LogP contribution >= 0.6 is 11.3 Å². The van der Waals surface area contributed by atoms with E-state index < -0.39 is 0 Å². The Kier molecular flexibility index (Phi) is 4.07. The van der Waals surface area contributed by atoms with E-state index in [1.807, 2.05) is 19.9 Å². The molecule has 1 aromatic heterocycles. The number of hydrogen-bond acceptors (Lipinski definition) is 3. The summed E-state index contributed by atoms with van der Waals surface area (Å²) in [4.78, 5) is 14.4. The van der Waals surface area contributed by atoms with E-state index in [-0.39, 0.29) is 18.1 Å². The molecule has 0 aromatic carbocycles. The highest BCUT2D eigenvalue weighted by atomic mass is 32.1. The molecule has 1 aliphatic rings. The van der Waals surface area contributed by atoms with Crippen molar-refractivity contribution in [1.82, 2.24) is 5.32 Å².